The summed E-state index contributed by atoms with van der Waals surface area (Å²) in [4.78, 5) is 16.8. The number of ether oxygens (including phenoxy) is 1. The van der Waals surface area contributed by atoms with Crippen LogP contribution in [0.3, 0.4) is 0 Å². The first-order chi connectivity index (χ1) is 17.4. The van der Waals surface area contributed by atoms with Gasteiger partial charge in [-0.2, -0.15) is 0 Å². The van der Waals surface area contributed by atoms with Crippen LogP contribution in [0.2, 0.25) is 0 Å². The zero-order valence-electron chi connectivity index (χ0n) is 20.2. The molecule has 4 aromatic rings. The molecule has 0 amide bonds. The van der Waals surface area contributed by atoms with E-state index in [1.165, 1.54) is 12.1 Å². The molecule has 0 saturated carbocycles. The molecule has 1 aliphatic rings. The lowest BCUT2D eigenvalue weighted by Crippen LogP contribution is -2.12. The van der Waals surface area contributed by atoms with Crippen molar-refractivity contribution in [3.8, 4) is 11.1 Å². The third-order valence-electron chi connectivity index (χ3n) is 6.53. The summed E-state index contributed by atoms with van der Waals surface area (Å²) in [6.07, 6.45) is 2.82. The molecule has 0 fully saturated rings. The number of aryl methyl sites for hydroxylation is 1. The van der Waals surface area contributed by atoms with Crippen molar-refractivity contribution in [1.29, 1.82) is 0 Å². The van der Waals surface area contributed by atoms with Gasteiger partial charge in [0.15, 0.2) is 0 Å². The Bertz CT molecular complexity index is 1480. The molecule has 3 aromatic carbocycles. The molecule has 1 atom stereocenters. The van der Waals surface area contributed by atoms with Crippen LogP contribution in [-0.2, 0) is 4.74 Å². The van der Waals surface area contributed by atoms with Crippen LogP contribution in [0, 0.1) is 12.7 Å². The van der Waals surface area contributed by atoms with Crippen molar-refractivity contribution in [1.82, 2.24) is 4.98 Å². The van der Waals surface area contributed by atoms with Gasteiger partial charge >= 0.3 is 5.97 Å². The maximum atomic E-state index is 13.7. The summed E-state index contributed by atoms with van der Waals surface area (Å²) in [6.45, 7) is 5.22. The number of aromatic nitrogens is 1. The van der Waals surface area contributed by atoms with Gasteiger partial charge in [-0.25, -0.2) is 14.2 Å². The molecule has 1 aliphatic heterocycles. The van der Waals surface area contributed by atoms with E-state index in [1.54, 1.807) is 30.3 Å². The molecule has 0 saturated heterocycles. The molecule has 2 heterocycles. The van der Waals surface area contributed by atoms with Crippen LogP contribution in [0.1, 0.15) is 46.6 Å². The number of hydrogen-bond acceptors (Lipinski definition) is 4. The van der Waals surface area contributed by atoms with Crippen molar-refractivity contribution in [3.05, 3.63) is 101 Å². The van der Waals surface area contributed by atoms with Gasteiger partial charge < -0.3 is 15.2 Å². The zero-order valence-corrected chi connectivity index (χ0v) is 20.2. The summed E-state index contributed by atoms with van der Waals surface area (Å²) in [5.74, 6) is -1.26. The van der Waals surface area contributed by atoms with Crippen LogP contribution in [0.5, 0.6) is 0 Å². The van der Waals surface area contributed by atoms with Gasteiger partial charge in [0.05, 0.1) is 30.0 Å². The van der Waals surface area contributed by atoms with Gasteiger partial charge in [0.2, 0.25) is 0 Å². The number of rotatable bonds is 6. The fraction of sp³-hybridized carbons (Fsp3) is 0.200. The number of hydrogen-bond donors (Lipinski definition) is 2. The molecular weight excluding hydrogens is 455 g/mol. The Kier molecular flexibility index (Phi) is 6.53. The highest BCUT2D eigenvalue weighted by Gasteiger charge is 2.20. The standard InChI is InChI=1S/C30H27FN2O3/c1-18-15-24(19(2)32-27-6-4-3-5-23(27)30(34)35)26-17-25(20-7-9-22(31)10-8-20)29(33-28(26)16-18)21-11-13-36-14-12-21/h3-11,15-17,19,32H,12-14H2,1-2H3,(H,34,35)/t19-/m1/s1. The van der Waals surface area contributed by atoms with E-state index in [0.29, 0.717) is 18.9 Å². The van der Waals surface area contributed by atoms with Crippen molar-refractivity contribution in [2.24, 2.45) is 0 Å². The van der Waals surface area contributed by atoms with Gasteiger partial charge in [-0.3, -0.25) is 0 Å². The lowest BCUT2D eigenvalue weighted by molar-refractivity contribution is 0.0698. The van der Waals surface area contributed by atoms with Crippen LogP contribution < -0.4 is 5.32 Å². The van der Waals surface area contributed by atoms with Crippen molar-refractivity contribution >= 4 is 28.1 Å². The summed E-state index contributed by atoms with van der Waals surface area (Å²) < 4.78 is 19.2. The minimum absolute atomic E-state index is 0.191. The zero-order chi connectivity index (χ0) is 25.2. The number of carboxylic acids is 1. The number of halogens is 1. The number of fused-ring (bicyclic) bond motifs is 1. The van der Waals surface area contributed by atoms with E-state index in [4.69, 9.17) is 9.72 Å². The second kappa shape index (κ2) is 9.91. The van der Waals surface area contributed by atoms with E-state index in [2.05, 4.69) is 29.6 Å². The number of benzene rings is 3. The number of carboxylic acid groups (broad SMARTS) is 1. The summed E-state index contributed by atoms with van der Waals surface area (Å²) in [5, 5.41) is 14.0. The average molecular weight is 483 g/mol. The Balaban J connectivity index is 1.67. The highest BCUT2D eigenvalue weighted by molar-refractivity contribution is 5.95. The minimum Gasteiger partial charge on any atom is -0.478 e. The van der Waals surface area contributed by atoms with Gasteiger partial charge in [-0.05, 0) is 78.9 Å². The number of nitrogens with one attached hydrogen (secondary N) is 1. The highest BCUT2D eigenvalue weighted by Crippen LogP contribution is 2.36. The van der Waals surface area contributed by atoms with Gasteiger partial charge in [-0.1, -0.05) is 36.4 Å². The molecule has 36 heavy (non-hydrogen) atoms. The van der Waals surface area contributed by atoms with Crippen LogP contribution in [0.4, 0.5) is 10.1 Å². The average Bonchev–Trinajstić information content (AvgIpc) is 2.88. The van der Waals surface area contributed by atoms with E-state index in [9.17, 15) is 14.3 Å². The van der Waals surface area contributed by atoms with E-state index in [-0.39, 0.29) is 17.4 Å². The summed E-state index contributed by atoms with van der Waals surface area (Å²) in [6, 6.07) is 19.5. The van der Waals surface area contributed by atoms with E-state index in [0.717, 1.165) is 50.8 Å². The smallest absolute Gasteiger partial charge is 0.337 e. The quantitative estimate of drug-likeness (QED) is 0.309. The molecule has 5 nitrogen and oxygen atoms in total. The largest absolute Gasteiger partial charge is 0.478 e. The molecule has 0 spiro atoms. The van der Waals surface area contributed by atoms with Crippen molar-refractivity contribution < 1.29 is 19.0 Å². The third-order valence-corrected chi connectivity index (χ3v) is 6.53. The molecule has 1 aromatic heterocycles. The topological polar surface area (TPSA) is 71.5 Å². The summed E-state index contributed by atoms with van der Waals surface area (Å²) in [5.41, 5.74) is 7.52. The molecule has 0 bridgehead atoms. The van der Waals surface area contributed by atoms with E-state index >= 15 is 0 Å². The first-order valence-corrected chi connectivity index (χ1v) is 12.0. The SMILES string of the molecule is Cc1cc([C@@H](C)Nc2ccccc2C(=O)O)c2cc(-c3ccc(F)cc3)c(C3=CCOCC3)nc2c1. The fourth-order valence-corrected chi connectivity index (χ4v) is 4.75. The second-order valence-corrected chi connectivity index (χ2v) is 9.08. The number of aromatic carboxylic acids is 1. The van der Waals surface area contributed by atoms with Crippen molar-refractivity contribution in [2.45, 2.75) is 26.3 Å². The van der Waals surface area contributed by atoms with Gasteiger partial charge in [0.1, 0.15) is 5.82 Å². The summed E-state index contributed by atoms with van der Waals surface area (Å²) in [7, 11) is 0. The highest BCUT2D eigenvalue weighted by atomic mass is 19.1. The molecule has 0 unspecified atom stereocenters. The Labute approximate surface area is 209 Å². The Morgan fingerprint density at radius 3 is 2.61 bits per heavy atom. The van der Waals surface area contributed by atoms with Crippen LogP contribution in [0.15, 0.2) is 72.8 Å². The van der Waals surface area contributed by atoms with Gasteiger partial charge in [-0.15, -0.1) is 0 Å². The predicted molar refractivity (Wildman–Crippen MR) is 141 cm³/mol. The maximum absolute atomic E-state index is 13.7. The van der Waals surface area contributed by atoms with Gasteiger partial charge in [0, 0.05) is 22.7 Å². The molecule has 5 rings (SSSR count). The van der Waals surface area contributed by atoms with E-state index in [1.807, 2.05) is 19.9 Å². The summed E-state index contributed by atoms with van der Waals surface area (Å²) >= 11 is 0. The lowest BCUT2D eigenvalue weighted by Gasteiger charge is -2.22. The van der Waals surface area contributed by atoms with Crippen molar-refractivity contribution in [2.75, 3.05) is 18.5 Å². The van der Waals surface area contributed by atoms with Crippen LogP contribution >= 0.6 is 0 Å². The maximum Gasteiger partial charge on any atom is 0.337 e. The molecule has 0 aliphatic carbocycles. The normalized spacial score (nSPS) is 14.4. The first kappa shape index (κ1) is 23.7. The minimum atomic E-state index is -0.978. The van der Waals surface area contributed by atoms with E-state index < -0.39 is 5.97 Å². The Morgan fingerprint density at radius 1 is 1.11 bits per heavy atom. The van der Waals surface area contributed by atoms with Crippen molar-refractivity contribution in [3.63, 3.8) is 0 Å². The van der Waals surface area contributed by atoms with Crippen LogP contribution in [0.25, 0.3) is 27.6 Å². The number of nitrogens with zero attached hydrogens (tertiary/aromatic N) is 1. The number of pyridine rings is 1. The first-order valence-electron chi connectivity index (χ1n) is 12.0. The molecule has 182 valence electrons. The third kappa shape index (κ3) is 4.72. The predicted octanol–water partition coefficient (Wildman–Crippen LogP) is 7.02. The Morgan fingerprint density at radius 2 is 1.89 bits per heavy atom. The van der Waals surface area contributed by atoms with Crippen LogP contribution in [-0.4, -0.2) is 29.3 Å². The fourth-order valence-electron chi connectivity index (χ4n) is 4.75. The molecule has 2 N–H and O–H groups in total. The second-order valence-electron chi connectivity index (χ2n) is 9.08. The monoisotopic (exact) mass is 482 g/mol. The lowest BCUT2D eigenvalue weighted by atomic mass is 9.92. The Hall–Kier alpha value is -4.03. The molecule has 0 radical (unpaired) electrons. The number of anilines is 1. The molecule has 6 heteroatoms. The molecular formula is C30H27FN2O3. The number of para-hydroxylation sites is 1. The van der Waals surface area contributed by atoms with Gasteiger partial charge in [0.25, 0.3) is 0 Å². The number of carbonyl (C=O) groups is 1.